The lowest BCUT2D eigenvalue weighted by molar-refractivity contribution is 0.170. The maximum atomic E-state index is 10.3. The Hall–Kier alpha value is -3.43. The fourth-order valence-corrected chi connectivity index (χ4v) is 5.29. The molecule has 0 heterocycles. The molecule has 6 heteroatoms. The number of hydrogen-bond acceptors (Lipinski definition) is 6. The van der Waals surface area contributed by atoms with Gasteiger partial charge in [0.05, 0.1) is 36.6 Å². The molecule has 178 valence electrons. The van der Waals surface area contributed by atoms with Gasteiger partial charge in [0.25, 0.3) is 0 Å². The van der Waals surface area contributed by atoms with Gasteiger partial charge in [-0.25, -0.2) is 0 Å². The highest BCUT2D eigenvalue weighted by molar-refractivity contribution is 5.60. The fraction of sp³-hybridized carbons (Fsp3) is 0.536. The van der Waals surface area contributed by atoms with Crippen molar-refractivity contribution >= 4 is 0 Å². The monoisotopic (exact) mass is 458 g/mol. The van der Waals surface area contributed by atoms with Crippen LogP contribution in [-0.2, 0) is 0 Å². The summed E-state index contributed by atoms with van der Waals surface area (Å²) in [6, 6.07) is 12.3. The highest BCUT2D eigenvalue weighted by Crippen LogP contribution is 2.58. The molecule has 0 aromatic heterocycles. The van der Waals surface area contributed by atoms with Crippen molar-refractivity contribution in [2.45, 2.75) is 59.8 Å². The minimum atomic E-state index is -1.65. The number of fused-ring (bicyclic) bond motifs is 1. The van der Waals surface area contributed by atoms with Crippen molar-refractivity contribution in [3.8, 4) is 29.7 Å². The standard InChI is InChI=1S/C28H34N4O2/c1-6-12-34-23-11-8-18(13-24(23)33-7-2)25-21-14-19(27(3,4)5)9-10-20(21)22(15-29)26(32)28(25,16-30)17-31/h8,10-11,13,19,21,25H,6-7,9,12,14,32H2,1-5H3/t19-,21+,25-/m1/s1. The average Bonchev–Trinajstić information content (AvgIpc) is 2.82. The van der Waals surface area contributed by atoms with Crippen LogP contribution in [0, 0.1) is 56.7 Å². The summed E-state index contributed by atoms with van der Waals surface area (Å²) in [6.45, 7) is 11.6. The van der Waals surface area contributed by atoms with Gasteiger partial charge in [0.1, 0.15) is 6.07 Å². The molecule has 0 fully saturated rings. The third kappa shape index (κ3) is 4.24. The first kappa shape index (κ1) is 25.2. The number of nitriles is 3. The van der Waals surface area contributed by atoms with Gasteiger partial charge >= 0.3 is 0 Å². The van der Waals surface area contributed by atoms with Crippen LogP contribution in [0.5, 0.6) is 11.5 Å². The Bertz CT molecular complexity index is 1110. The van der Waals surface area contributed by atoms with Crippen molar-refractivity contribution in [1.82, 2.24) is 0 Å². The van der Waals surface area contributed by atoms with E-state index >= 15 is 0 Å². The van der Waals surface area contributed by atoms with Gasteiger partial charge in [0.15, 0.2) is 16.9 Å². The molecule has 0 saturated heterocycles. The Labute approximate surface area is 203 Å². The van der Waals surface area contributed by atoms with E-state index in [1.165, 1.54) is 0 Å². The molecule has 2 aliphatic rings. The van der Waals surface area contributed by atoms with Gasteiger partial charge in [-0.3, -0.25) is 0 Å². The van der Waals surface area contributed by atoms with Crippen molar-refractivity contribution in [3.63, 3.8) is 0 Å². The molecule has 0 unspecified atom stereocenters. The van der Waals surface area contributed by atoms with Gasteiger partial charge in [-0.2, -0.15) is 15.8 Å². The molecule has 0 radical (unpaired) electrons. The van der Waals surface area contributed by atoms with Crippen LogP contribution in [0.2, 0.25) is 0 Å². The molecule has 0 spiro atoms. The third-order valence-electron chi connectivity index (χ3n) is 7.19. The van der Waals surface area contributed by atoms with Crippen molar-refractivity contribution in [2.24, 2.45) is 28.4 Å². The molecule has 34 heavy (non-hydrogen) atoms. The van der Waals surface area contributed by atoms with Gasteiger partial charge in [0, 0.05) is 5.92 Å². The Kier molecular flexibility index (Phi) is 7.28. The van der Waals surface area contributed by atoms with E-state index in [4.69, 9.17) is 15.2 Å². The van der Waals surface area contributed by atoms with Crippen LogP contribution in [-0.4, -0.2) is 13.2 Å². The summed E-state index contributed by atoms with van der Waals surface area (Å²) >= 11 is 0. The van der Waals surface area contributed by atoms with Crippen LogP contribution in [0.1, 0.15) is 65.4 Å². The van der Waals surface area contributed by atoms with E-state index in [9.17, 15) is 15.8 Å². The number of ether oxygens (including phenoxy) is 2. The van der Waals surface area contributed by atoms with Gasteiger partial charge in [0.2, 0.25) is 0 Å². The first-order valence-corrected chi connectivity index (χ1v) is 12.0. The second-order valence-electron chi connectivity index (χ2n) is 10.2. The summed E-state index contributed by atoms with van der Waals surface area (Å²) in [7, 11) is 0. The second-order valence-corrected chi connectivity index (χ2v) is 10.2. The summed E-state index contributed by atoms with van der Waals surface area (Å²) in [4.78, 5) is 0. The van der Waals surface area contributed by atoms with Crippen LogP contribution < -0.4 is 15.2 Å². The van der Waals surface area contributed by atoms with E-state index in [1.54, 1.807) is 0 Å². The molecule has 0 bridgehead atoms. The summed E-state index contributed by atoms with van der Waals surface area (Å²) in [5.41, 5.74) is 6.82. The smallest absolute Gasteiger partial charge is 0.191 e. The maximum Gasteiger partial charge on any atom is 0.191 e. The number of nitrogens with two attached hydrogens (primary N) is 1. The number of hydrogen-bond donors (Lipinski definition) is 1. The molecule has 0 aliphatic heterocycles. The number of nitrogens with zero attached hydrogens (tertiary/aromatic N) is 3. The number of allylic oxidation sites excluding steroid dienone is 4. The average molecular weight is 459 g/mol. The van der Waals surface area contributed by atoms with Crippen molar-refractivity contribution in [3.05, 3.63) is 46.7 Å². The zero-order valence-corrected chi connectivity index (χ0v) is 20.8. The lowest BCUT2D eigenvalue weighted by Gasteiger charge is -2.47. The number of rotatable bonds is 6. The third-order valence-corrected chi connectivity index (χ3v) is 7.19. The lowest BCUT2D eigenvalue weighted by atomic mass is 9.54. The molecule has 3 atom stereocenters. The van der Waals surface area contributed by atoms with Crippen LogP contribution in [0.25, 0.3) is 0 Å². The molecule has 0 saturated carbocycles. The predicted octanol–water partition coefficient (Wildman–Crippen LogP) is 5.74. The van der Waals surface area contributed by atoms with Gasteiger partial charge in [-0.15, -0.1) is 0 Å². The minimum absolute atomic E-state index is 0.0440. The maximum absolute atomic E-state index is 10.3. The van der Waals surface area contributed by atoms with Crippen LogP contribution in [0.15, 0.2) is 41.1 Å². The summed E-state index contributed by atoms with van der Waals surface area (Å²) in [6.07, 6.45) is 4.57. The van der Waals surface area contributed by atoms with E-state index in [-0.39, 0.29) is 22.6 Å². The quantitative estimate of drug-likeness (QED) is 0.581. The molecule has 2 aliphatic carbocycles. The molecule has 6 nitrogen and oxygen atoms in total. The molecule has 1 aromatic carbocycles. The first-order valence-electron chi connectivity index (χ1n) is 12.0. The summed E-state index contributed by atoms with van der Waals surface area (Å²) in [5, 5.41) is 30.6. The van der Waals surface area contributed by atoms with E-state index in [0.717, 1.165) is 30.4 Å². The molecular formula is C28H34N4O2. The van der Waals surface area contributed by atoms with Gasteiger partial charge in [-0.05, 0) is 66.7 Å². The Morgan fingerprint density at radius 1 is 1.09 bits per heavy atom. The molecular weight excluding hydrogens is 424 g/mol. The molecule has 1 aromatic rings. The van der Waals surface area contributed by atoms with Gasteiger partial charge < -0.3 is 15.2 Å². The molecule has 3 rings (SSSR count). The summed E-state index contributed by atoms with van der Waals surface area (Å²) < 4.78 is 11.7. The normalized spacial score (nSPS) is 23.6. The van der Waals surface area contributed by atoms with E-state index < -0.39 is 11.3 Å². The van der Waals surface area contributed by atoms with Crippen molar-refractivity contribution in [1.29, 1.82) is 15.8 Å². The Morgan fingerprint density at radius 2 is 1.79 bits per heavy atom. The van der Waals surface area contributed by atoms with Gasteiger partial charge in [-0.1, -0.05) is 39.8 Å². The zero-order chi connectivity index (χ0) is 25.1. The van der Waals surface area contributed by atoms with Crippen molar-refractivity contribution < 1.29 is 9.47 Å². The zero-order valence-electron chi connectivity index (χ0n) is 20.8. The minimum Gasteiger partial charge on any atom is -0.490 e. The van der Waals surface area contributed by atoms with Crippen LogP contribution in [0.3, 0.4) is 0 Å². The SMILES string of the molecule is CCCOc1ccc([C@@H]2[C@H]3C[C@H](C(C)(C)C)CC=C3C(C#N)=C(N)C2(C#N)C#N)cc1OCC. The Morgan fingerprint density at radius 3 is 2.35 bits per heavy atom. The molecule has 0 amide bonds. The van der Waals surface area contributed by atoms with E-state index in [2.05, 4.69) is 45.1 Å². The first-order chi connectivity index (χ1) is 16.2. The summed E-state index contributed by atoms with van der Waals surface area (Å²) in [5.74, 6) is 0.847. The highest BCUT2D eigenvalue weighted by Gasteiger charge is 2.55. The Balaban J connectivity index is 2.25. The second kappa shape index (κ2) is 9.82. The highest BCUT2D eigenvalue weighted by atomic mass is 16.5. The van der Waals surface area contributed by atoms with Crippen molar-refractivity contribution in [2.75, 3.05) is 13.2 Å². The van der Waals surface area contributed by atoms with Crippen LogP contribution in [0.4, 0.5) is 0 Å². The van der Waals surface area contributed by atoms with Crippen LogP contribution >= 0.6 is 0 Å². The fourth-order valence-electron chi connectivity index (χ4n) is 5.29. The molecule has 2 N–H and O–H groups in total. The number of benzene rings is 1. The lowest BCUT2D eigenvalue weighted by Crippen LogP contribution is -2.44. The van der Waals surface area contributed by atoms with E-state index in [1.807, 2.05) is 32.0 Å². The predicted molar refractivity (Wildman–Crippen MR) is 130 cm³/mol. The largest absolute Gasteiger partial charge is 0.490 e. The topological polar surface area (TPSA) is 116 Å². The van der Waals surface area contributed by atoms with E-state index in [0.29, 0.717) is 30.6 Å².